The van der Waals surface area contributed by atoms with Gasteiger partial charge in [-0.3, -0.25) is 27.3 Å². The largest absolute Gasteiger partial charge is 0.521 e. The monoisotopic (exact) mass is 361 g/mol. The molecule has 1 atom stereocenters. The van der Waals surface area contributed by atoms with Crippen molar-refractivity contribution in [2.24, 2.45) is 5.41 Å². The van der Waals surface area contributed by atoms with Crippen LogP contribution in [-0.4, -0.2) is 23.9 Å². The zero-order valence-corrected chi connectivity index (χ0v) is 14.4. The molecule has 107 valence electrons. The summed E-state index contributed by atoms with van der Waals surface area (Å²) in [6, 6.07) is 6.26. The first-order chi connectivity index (χ1) is 9.46. The van der Waals surface area contributed by atoms with E-state index >= 15 is 0 Å². The Morgan fingerprint density at radius 2 is 1.76 bits per heavy atom. The topological polar surface area (TPSA) is 78.5 Å². The van der Waals surface area contributed by atoms with Crippen LogP contribution in [0.2, 0.25) is 0 Å². The molecule has 6 nitrogen and oxygen atoms in total. The Balaban J connectivity index is 0.00000161. The molecule has 0 aliphatic carbocycles. The molecule has 0 aromatic heterocycles. The Labute approximate surface area is 147 Å². The number of nitrogens with one attached hydrogen (secondary N) is 2. The van der Waals surface area contributed by atoms with E-state index < -0.39 is 29.3 Å². The van der Waals surface area contributed by atoms with Crippen LogP contribution in [0.3, 0.4) is 0 Å². The molecule has 1 spiro atoms. The van der Waals surface area contributed by atoms with E-state index in [-0.39, 0.29) is 39.1 Å². The van der Waals surface area contributed by atoms with E-state index in [1.807, 2.05) is 24.3 Å². The van der Waals surface area contributed by atoms with Gasteiger partial charge in [0, 0.05) is 44.4 Å². The normalized spacial score (nSPS) is 23.0. The molecule has 21 heavy (non-hydrogen) atoms. The fourth-order valence-electron chi connectivity index (χ4n) is 2.97. The van der Waals surface area contributed by atoms with Crippen molar-refractivity contribution in [1.29, 1.82) is 0 Å². The number of imide groups is 2. The van der Waals surface area contributed by atoms with Crippen LogP contribution in [0.15, 0.2) is 24.3 Å². The molecule has 1 saturated heterocycles. The van der Waals surface area contributed by atoms with Gasteiger partial charge in [-0.25, -0.2) is 4.79 Å². The van der Waals surface area contributed by atoms with Gasteiger partial charge in [0.15, 0.2) is 0 Å². The quantitative estimate of drug-likeness (QED) is 0.524. The maximum absolute atomic E-state index is 12.3. The molecule has 3 rings (SSSR count). The molecule has 0 saturated carbocycles. The fourth-order valence-corrected chi connectivity index (χ4v) is 2.97. The molecule has 1 radical (unpaired) electrons. The SMILES string of the molecule is [CH2-]N1c2ccccc2CC2(C(=O)NC(=O)NC2=O)C1C.[Y]. The minimum Gasteiger partial charge on any atom is -0.521 e. The molecule has 2 N–H and O–H groups in total. The summed E-state index contributed by atoms with van der Waals surface area (Å²) in [6.07, 6.45) is 0.251. The third-order valence-electron chi connectivity index (χ3n) is 4.22. The van der Waals surface area contributed by atoms with Crippen LogP contribution in [0.25, 0.3) is 0 Å². The second-order valence-electron chi connectivity index (χ2n) is 5.16. The summed E-state index contributed by atoms with van der Waals surface area (Å²) in [5, 5.41) is 4.38. The van der Waals surface area contributed by atoms with Crippen molar-refractivity contribution in [3.63, 3.8) is 0 Å². The standard InChI is InChI=1S/C14H14N3O3.Y/c1-8-14(11(18)15-13(20)16-12(14)19)7-9-5-3-4-6-10(9)17(8)2;/h3-6,8H,2,7H2,1H3,(H2,15,16,18,19,20);/q-1;. The summed E-state index contributed by atoms with van der Waals surface area (Å²) in [4.78, 5) is 37.5. The summed E-state index contributed by atoms with van der Waals surface area (Å²) in [7, 11) is 3.95. The summed E-state index contributed by atoms with van der Waals surface area (Å²) in [6.45, 7) is 1.76. The van der Waals surface area contributed by atoms with Gasteiger partial charge >= 0.3 is 6.03 Å². The number of carbonyl (C=O) groups is 3. The number of hydrogen-bond donors (Lipinski definition) is 2. The number of para-hydroxylation sites is 1. The predicted octanol–water partition coefficient (Wildman–Crippen LogP) is 0.579. The molecule has 2 aliphatic rings. The van der Waals surface area contributed by atoms with E-state index in [1.54, 1.807) is 11.8 Å². The van der Waals surface area contributed by atoms with Crippen LogP contribution >= 0.6 is 0 Å². The van der Waals surface area contributed by atoms with Crippen LogP contribution in [-0.2, 0) is 48.7 Å². The number of nitrogens with zero attached hydrogens (tertiary/aromatic N) is 1. The maximum atomic E-state index is 12.3. The van der Waals surface area contributed by atoms with Gasteiger partial charge in [0.05, 0.1) is 0 Å². The van der Waals surface area contributed by atoms with Crippen LogP contribution in [0, 0.1) is 12.5 Å². The van der Waals surface area contributed by atoms with Gasteiger partial charge in [0.1, 0.15) is 5.41 Å². The van der Waals surface area contributed by atoms with E-state index in [0.717, 1.165) is 11.3 Å². The minimum atomic E-state index is -1.33. The fraction of sp³-hybridized carbons (Fsp3) is 0.286. The molecule has 1 fully saturated rings. The van der Waals surface area contributed by atoms with E-state index in [4.69, 9.17) is 0 Å². The first-order valence-corrected chi connectivity index (χ1v) is 6.31. The third-order valence-corrected chi connectivity index (χ3v) is 4.22. The van der Waals surface area contributed by atoms with E-state index in [9.17, 15) is 14.4 Å². The van der Waals surface area contributed by atoms with Gasteiger partial charge in [-0.15, -0.1) is 0 Å². The molecule has 1 unspecified atom stereocenters. The number of carbonyl (C=O) groups excluding carboxylic acids is 3. The molecular formula is C14H14N3O3Y-. The van der Waals surface area contributed by atoms with Crippen molar-refractivity contribution in [2.75, 3.05) is 4.90 Å². The van der Waals surface area contributed by atoms with Crippen molar-refractivity contribution in [1.82, 2.24) is 10.6 Å². The summed E-state index contributed by atoms with van der Waals surface area (Å²) in [5.41, 5.74) is 0.424. The molecule has 1 aromatic carbocycles. The Kier molecular flexibility index (Phi) is 4.22. The molecule has 1 aromatic rings. The van der Waals surface area contributed by atoms with Crippen LogP contribution in [0.4, 0.5) is 10.5 Å². The van der Waals surface area contributed by atoms with Crippen molar-refractivity contribution in [3.05, 3.63) is 36.9 Å². The van der Waals surface area contributed by atoms with Crippen LogP contribution in [0.1, 0.15) is 12.5 Å². The van der Waals surface area contributed by atoms with E-state index in [0.29, 0.717) is 0 Å². The molecular weight excluding hydrogens is 347 g/mol. The van der Waals surface area contributed by atoms with Gasteiger partial charge in [-0.1, -0.05) is 18.2 Å². The average Bonchev–Trinajstić information content (AvgIpc) is 2.41. The maximum Gasteiger partial charge on any atom is 0.328 e. The summed E-state index contributed by atoms with van der Waals surface area (Å²) < 4.78 is 0. The molecule has 7 heteroatoms. The van der Waals surface area contributed by atoms with Gasteiger partial charge in [-0.05, 0) is 25.0 Å². The van der Waals surface area contributed by atoms with E-state index in [2.05, 4.69) is 17.7 Å². The van der Waals surface area contributed by atoms with Gasteiger partial charge in [0.25, 0.3) is 0 Å². The Morgan fingerprint density at radius 3 is 2.38 bits per heavy atom. The van der Waals surface area contributed by atoms with Gasteiger partial charge < -0.3 is 4.90 Å². The first kappa shape index (κ1) is 16.1. The Bertz CT molecular complexity index is 612. The Morgan fingerprint density at radius 1 is 1.19 bits per heavy atom. The predicted molar refractivity (Wildman–Crippen MR) is 71.6 cm³/mol. The smallest absolute Gasteiger partial charge is 0.328 e. The zero-order chi connectivity index (χ0) is 14.5. The second kappa shape index (κ2) is 5.50. The Hall–Kier alpha value is -1.27. The van der Waals surface area contributed by atoms with Crippen molar-refractivity contribution in [2.45, 2.75) is 19.4 Å². The van der Waals surface area contributed by atoms with Crippen molar-refractivity contribution in [3.8, 4) is 0 Å². The third kappa shape index (κ3) is 2.21. The number of urea groups is 1. The molecule has 0 bridgehead atoms. The molecule has 2 heterocycles. The number of rotatable bonds is 0. The number of hydrogen-bond acceptors (Lipinski definition) is 4. The summed E-state index contributed by atoms with van der Waals surface area (Å²) >= 11 is 0. The molecule has 2 aliphatic heterocycles. The average molecular weight is 361 g/mol. The number of benzene rings is 1. The number of anilines is 1. The molecule has 4 amide bonds. The number of barbiturate groups is 1. The zero-order valence-electron chi connectivity index (χ0n) is 11.6. The number of fused-ring (bicyclic) bond motifs is 1. The van der Waals surface area contributed by atoms with Crippen LogP contribution < -0.4 is 15.5 Å². The van der Waals surface area contributed by atoms with Crippen molar-refractivity contribution >= 4 is 23.5 Å². The summed E-state index contributed by atoms with van der Waals surface area (Å²) in [5.74, 6) is -1.14. The van der Waals surface area contributed by atoms with Gasteiger partial charge in [0.2, 0.25) is 11.8 Å². The van der Waals surface area contributed by atoms with Gasteiger partial charge in [-0.2, -0.15) is 0 Å². The first-order valence-electron chi connectivity index (χ1n) is 6.31. The minimum absolute atomic E-state index is 0. The second-order valence-corrected chi connectivity index (χ2v) is 5.16. The van der Waals surface area contributed by atoms with Crippen LogP contribution in [0.5, 0.6) is 0 Å². The van der Waals surface area contributed by atoms with Crippen molar-refractivity contribution < 1.29 is 47.1 Å². The van der Waals surface area contributed by atoms with E-state index in [1.165, 1.54) is 0 Å². The number of amides is 4.